The summed E-state index contributed by atoms with van der Waals surface area (Å²) in [6, 6.07) is 7.30. The van der Waals surface area contributed by atoms with E-state index in [0.29, 0.717) is 30.4 Å². The maximum Gasteiger partial charge on any atom is 0.121 e. The molecule has 0 heterocycles. The van der Waals surface area contributed by atoms with Crippen LogP contribution in [0.3, 0.4) is 0 Å². The second-order valence-electron chi connectivity index (χ2n) is 3.62. The van der Waals surface area contributed by atoms with Crippen molar-refractivity contribution in [1.29, 1.82) is 0 Å². The highest BCUT2D eigenvalue weighted by Gasteiger charge is 2.00. The van der Waals surface area contributed by atoms with Gasteiger partial charge in [0.1, 0.15) is 5.75 Å². The molecule has 1 atom stereocenters. The van der Waals surface area contributed by atoms with Gasteiger partial charge in [0.05, 0.1) is 13.2 Å². The Balaban J connectivity index is 2.14. The average molecular weight is 257 g/mol. The molecule has 0 aliphatic rings. The summed E-state index contributed by atoms with van der Waals surface area (Å²) in [7, 11) is 0.799. The molecule has 4 nitrogen and oxygen atoms in total. The van der Waals surface area contributed by atoms with Crippen LogP contribution in [-0.4, -0.2) is 36.0 Å². The molecule has 0 saturated carbocycles. The number of benzene rings is 1. The van der Waals surface area contributed by atoms with Crippen molar-refractivity contribution in [2.75, 3.05) is 37.6 Å². The first kappa shape index (κ1) is 14.0. The lowest BCUT2D eigenvalue weighted by Gasteiger charge is -2.06. The van der Waals surface area contributed by atoms with Gasteiger partial charge in [-0.2, -0.15) is 0 Å². The number of nitrogen functional groups attached to an aromatic ring is 1. The second kappa shape index (κ2) is 8.08. The molecule has 0 amide bonds. The molecule has 5 heteroatoms. The van der Waals surface area contributed by atoms with Crippen molar-refractivity contribution in [2.45, 2.75) is 6.42 Å². The first-order valence-corrected chi connectivity index (χ1v) is 7.03. The van der Waals surface area contributed by atoms with Crippen molar-refractivity contribution >= 4 is 16.5 Å². The van der Waals surface area contributed by atoms with Gasteiger partial charge < -0.3 is 15.2 Å². The van der Waals surface area contributed by atoms with E-state index in [1.807, 2.05) is 18.2 Å². The third-order valence-electron chi connectivity index (χ3n) is 2.16. The third kappa shape index (κ3) is 6.28. The molecule has 17 heavy (non-hydrogen) atoms. The zero-order valence-electron chi connectivity index (χ0n) is 10.1. The number of nitrogens with two attached hydrogens (primary N) is 1. The minimum atomic E-state index is -0.812. The number of ether oxygens (including phenoxy) is 2. The van der Waals surface area contributed by atoms with Crippen LogP contribution in [0, 0.1) is 0 Å². The molecule has 0 spiro atoms. The van der Waals surface area contributed by atoms with Crippen LogP contribution in [0.25, 0.3) is 0 Å². The fourth-order valence-electron chi connectivity index (χ4n) is 1.29. The Morgan fingerprint density at radius 2 is 2.12 bits per heavy atom. The summed E-state index contributed by atoms with van der Waals surface area (Å²) in [6.07, 6.45) is 0.769. The van der Waals surface area contributed by atoms with Gasteiger partial charge in [-0.15, -0.1) is 0 Å². The summed E-state index contributed by atoms with van der Waals surface area (Å²) < 4.78 is 21.8. The number of hydrogen-bond acceptors (Lipinski definition) is 4. The summed E-state index contributed by atoms with van der Waals surface area (Å²) in [6.45, 7) is 1.10. The van der Waals surface area contributed by atoms with Gasteiger partial charge in [0, 0.05) is 41.2 Å². The van der Waals surface area contributed by atoms with E-state index in [9.17, 15) is 4.21 Å². The van der Waals surface area contributed by atoms with Crippen LogP contribution in [0.5, 0.6) is 5.75 Å². The number of rotatable bonds is 8. The Morgan fingerprint density at radius 3 is 2.82 bits per heavy atom. The summed E-state index contributed by atoms with van der Waals surface area (Å²) >= 11 is 0. The molecule has 0 bridgehead atoms. The predicted octanol–water partition coefficient (Wildman–Crippen LogP) is 1.43. The Labute approximate surface area is 105 Å². The number of hydrogen-bond donors (Lipinski definition) is 1. The van der Waals surface area contributed by atoms with Crippen molar-refractivity contribution in [3.63, 3.8) is 0 Å². The largest absolute Gasteiger partial charge is 0.493 e. The maximum atomic E-state index is 11.4. The van der Waals surface area contributed by atoms with Crippen molar-refractivity contribution in [3.8, 4) is 5.75 Å². The smallest absolute Gasteiger partial charge is 0.121 e. The third-order valence-corrected chi connectivity index (χ3v) is 3.52. The highest BCUT2D eigenvalue weighted by atomic mass is 32.2. The van der Waals surface area contributed by atoms with Crippen LogP contribution in [-0.2, 0) is 15.5 Å². The molecule has 1 unspecified atom stereocenters. The van der Waals surface area contributed by atoms with Crippen LogP contribution >= 0.6 is 0 Å². The molecule has 0 aliphatic heterocycles. The molecule has 0 aliphatic carbocycles. The summed E-state index contributed by atoms with van der Waals surface area (Å²) in [5, 5.41) is 0. The molecule has 0 radical (unpaired) electrons. The van der Waals surface area contributed by atoms with Gasteiger partial charge in [-0.25, -0.2) is 0 Å². The normalized spacial score (nSPS) is 12.3. The van der Waals surface area contributed by atoms with Gasteiger partial charge in [0.25, 0.3) is 0 Å². The van der Waals surface area contributed by atoms with E-state index in [1.165, 1.54) is 0 Å². The fraction of sp³-hybridized carbons (Fsp3) is 0.500. The van der Waals surface area contributed by atoms with E-state index in [1.54, 1.807) is 13.2 Å². The van der Waals surface area contributed by atoms with Crippen LogP contribution in [0.15, 0.2) is 24.3 Å². The highest BCUT2D eigenvalue weighted by Crippen LogP contribution is 2.14. The van der Waals surface area contributed by atoms with Gasteiger partial charge in [-0.3, -0.25) is 4.21 Å². The van der Waals surface area contributed by atoms with E-state index in [0.717, 1.165) is 12.2 Å². The SMILES string of the molecule is COCCS(=O)CCCOc1cccc(N)c1. The molecule has 1 rings (SSSR count). The first-order valence-electron chi connectivity index (χ1n) is 5.54. The Kier molecular flexibility index (Phi) is 6.65. The lowest BCUT2D eigenvalue weighted by Crippen LogP contribution is -2.10. The zero-order valence-corrected chi connectivity index (χ0v) is 10.9. The quantitative estimate of drug-likeness (QED) is 0.565. The zero-order chi connectivity index (χ0) is 12.5. The maximum absolute atomic E-state index is 11.4. The van der Waals surface area contributed by atoms with E-state index >= 15 is 0 Å². The van der Waals surface area contributed by atoms with Gasteiger partial charge in [0.15, 0.2) is 0 Å². The van der Waals surface area contributed by atoms with E-state index in [-0.39, 0.29) is 0 Å². The van der Waals surface area contributed by atoms with Gasteiger partial charge in [0.2, 0.25) is 0 Å². The lowest BCUT2D eigenvalue weighted by molar-refractivity contribution is 0.218. The molecule has 0 saturated heterocycles. The van der Waals surface area contributed by atoms with Gasteiger partial charge >= 0.3 is 0 Å². The number of anilines is 1. The van der Waals surface area contributed by atoms with Gasteiger partial charge in [-0.05, 0) is 18.6 Å². The standard InChI is InChI=1S/C12H19NO3S/c1-15-7-9-17(14)8-3-6-16-12-5-2-4-11(13)10-12/h2,4-5,10H,3,6-9,13H2,1H3. The first-order chi connectivity index (χ1) is 8.22. The van der Waals surface area contributed by atoms with E-state index in [4.69, 9.17) is 15.2 Å². The van der Waals surface area contributed by atoms with Crippen molar-refractivity contribution < 1.29 is 13.7 Å². The lowest BCUT2D eigenvalue weighted by atomic mass is 10.3. The molecule has 1 aromatic rings. The minimum absolute atomic E-state index is 0.544. The molecular formula is C12H19NO3S. The molecular weight excluding hydrogens is 238 g/mol. The van der Waals surface area contributed by atoms with Crippen LogP contribution in [0.1, 0.15) is 6.42 Å². The van der Waals surface area contributed by atoms with Crippen molar-refractivity contribution in [2.24, 2.45) is 0 Å². The summed E-state index contributed by atoms with van der Waals surface area (Å²) in [4.78, 5) is 0. The number of methoxy groups -OCH3 is 1. The van der Waals surface area contributed by atoms with Crippen molar-refractivity contribution in [1.82, 2.24) is 0 Å². The van der Waals surface area contributed by atoms with Gasteiger partial charge in [-0.1, -0.05) is 6.07 Å². The van der Waals surface area contributed by atoms with E-state index in [2.05, 4.69) is 0 Å². The minimum Gasteiger partial charge on any atom is -0.493 e. The topological polar surface area (TPSA) is 61.5 Å². The Bertz CT molecular complexity index is 357. The summed E-state index contributed by atoms with van der Waals surface area (Å²) in [5.41, 5.74) is 6.31. The second-order valence-corrected chi connectivity index (χ2v) is 5.31. The molecule has 96 valence electrons. The Morgan fingerprint density at radius 1 is 1.29 bits per heavy atom. The van der Waals surface area contributed by atoms with Crippen LogP contribution in [0.4, 0.5) is 5.69 Å². The van der Waals surface area contributed by atoms with E-state index < -0.39 is 10.8 Å². The molecule has 0 aromatic heterocycles. The van der Waals surface area contributed by atoms with Crippen LogP contribution in [0.2, 0.25) is 0 Å². The average Bonchev–Trinajstić information content (AvgIpc) is 2.32. The molecule has 1 aromatic carbocycles. The van der Waals surface area contributed by atoms with Crippen molar-refractivity contribution in [3.05, 3.63) is 24.3 Å². The Hall–Kier alpha value is -1.07. The highest BCUT2D eigenvalue weighted by molar-refractivity contribution is 7.84. The molecule has 0 fully saturated rings. The monoisotopic (exact) mass is 257 g/mol. The molecule has 2 N–H and O–H groups in total. The fourth-order valence-corrected chi connectivity index (χ4v) is 2.29. The van der Waals surface area contributed by atoms with Crippen LogP contribution < -0.4 is 10.5 Å². The summed E-state index contributed by atoms with van der Waals surface area (Å²) in [5.74, 6) is 1.99. The predicted molar refractivity (Wildman–Crippen MR) is 70.7 cm³/mol.